The number of anilines is 1. The van der Waals surface area contributed by atoms with Crippen molar-refractivity contribution in [2.45, 2.75) is 32.9 Å². The lowest BCUT2D eigenvalue weighted by Gasteiger charge is -2.35. The first-order chi connectivity index (χ1) is 14.2. The molecule has 0 aliphatic carbocycles. The zero-order chi connectivity index (χ0) is 21.7. The first-order valence-electron chi connectivity index (χ1n) is 9.85. The second kappa shape index (κ2) is 8.98. The Bertz CT molecular complexity index is 958. The van der Waals surface area contributed by atoms with Crippen molar-refractivity contribution < 1.29 is 14.3 Å². The van der Waals surface area contributed by atoms with E-state index in [-0.39, 0.29) is 17.8 Å². The van der Waals surface area contributed by atoms with E-state index in [0.29, 0.717) is 38.4 Å². The van der Waals surface area contributed by atoms with Crippen molar-refractivity contribution in [3.63, 3.8) is 0 Å². The van der Waals surface area contributed by atoms with Crippen LogP contribution in [0, 0.1) is 0 Å². The normalized spacial score (nSPS) is 14.4. The van der Waals surface area contributed by atoms with E-state index < -0.39 is 5.60 Å². The molecule has 2 heterocycles. The van der Waals surface area contributed by atoms with Gasteiger partial charge in [-0.15, -0.1) is 0 Å². The maximum atomic E-state index is 12.6. The molecule has 2 aromatic rings. The van der Waals surface area contributed by atoms with Crippen LogP contribution in [-0.2, 0) is 11.3 Å². The lowest BCUT2D eigenvalue weighted by atomic mass is 10.2. The van der Waals surface area contributed by atoms with Gasteiger partial charge in [0.05, 0.1) is 6.54 Å². The summed E-state index contributed by atoms with van der Waals surface area (Å²) in [5, 5.41) is 2.88. The van der Waals surface area contributed by atoms with Crippen molar-refractivity contribution in [2.75, 3.05) is 31.5 Å². The summed E-state index contributed by atoms with van der Waals surface area (Å²) >= 11 is 0. The van der Waals surface area contributed by atoms with Gasteiger partial charge in [0, 0.05) is 44.3 Å². The zero-order valence-electron chi connectivity index (χ0n) is 17.5. The fraction of sp³-hybridized carbons (Fsp3) is 0.429. The summed E-state index contributed by atoms with van der Waals surface area (Å²) in [6, 6.07) is 8.80. The SMILES string of the molecule is CC(C)(C)OC(=O)N1CCN(C(=O)Nc2cccc(Cn3cccnc3=O)c2)CC1. The topological polar surface area (TPSA) is 96.8 Å². The minimum Gasteiger partial charge on any atom is -0.444 e. The minimum absolute atomic E-state index is 0.227. The molecule has 0 atom stereocenters. The van der Waals surface area contributed by atoms with Crippen molar-refractivity contribution in [1.29, 1.82) is 0 Å². The average Bonchev–Trinajstić information content (AvgIpc) is 2.69. The van der Waals surface area contributed by atoms with Gasteiger partial charge in [-0.1, -0.05) is 12.1 Å². The molecule has 30 heavy (non-hydrogen) atoms. The molecule has 3 rings (SSSR count). The van der Waals surface area contributed by atoms with Crippen LogP contribution in [-0.4, -0.2) is 63.3 Å². The third-order valence-electron chi connectivity index (χ3n) is 4.53. The van der Waals surface area contributed by atoms with Crippen molar-refractivity contribution in [1.82, 2.24) is 19.4 Å². The minimum atomic E-state index is -0.544. The van der Waals surface area contributed by atoms with Crippen LogP contribution in [0.25, 0.3) is 0 Å². The monoisotopic (exact) mass is 413 g/mol. The Morgan fingerprint density at radius 2 is 1.80 bits per heavy atom. The molecule has 1 aromatic carbocycles. The number of amides is 3. The van der Waals surface area contributed by atoms with E-state index in [0.717, 1.165) is 5.56 Å². The van der Waals surface area contributed by atoms with Crippen LogP contribution >= 0.6 is 0 Å². The molecule has 1 saturated heterocycles. The summed E-state index contributed by atoms with van der Waals surface area (Å²) < 4.78 is 6.88. The summed E-state index contributed by atoms with van der Waals surface area (Å²) in [6.07, 6.45) is 2.77. The zero-order valence-corrected chi connectivity index (χ0v) is 17.5. The number of hydrogen-bond donors (Lipinski definition) is 1. The fourth-order valence-corrected chi connectivity index (χ4v) is 3.07. The lowest BCUT2D eigenvalue weighted by Crippen LogP contribution is -2.52. The summed E-state index contributed by atoms with van der Waals surface area (Å²) in [4.78, 5) is 43.6. The van der Waals surface area contributed by atoms with Crippen LogP contribution in [0.1, 0.15) is 26.3 Å². The number of carbonyl (C=O) groups excluding carboxylic acids is 2. The van der Waals surface area contributed by atoms with Gasteiger partial charge in [0.1, 0.15) is 5.60 Å². The summed E-state index contributed by atoms with van der Waals surface area (Å²) in [5.74, 6) is 0. The molecular weight excluding hydrogens is 386 g/mol. The molecule has 3 amide bonds. The van der Waals surface area contributed by atoms with Crippen molar-refractivity contribution in [3.8, 4) is 0 Å². The Morgan fingerprint density at radius 3 is 2.47 bits per heavy atom. The van der Waals surface area contributed by atoms with Gasteiger partial charge in [0.15, 0.2) is 0 Å². The number of aromatic nitrogens is 2. The number of ether oxygens (including phenoxy) is 1. The Labute approximate surface area is 175 Å². The molecule has 1 aliphatic heterocycles. The van der Waals surface area contributed by atoms with Crippen LogP contribution in [0.2, 0.25) is 0 Å². The van der Waals surface area contributed by atoms with Crippen molar-refractivity contribution >= 4 is 17.8 Å². The third-order valence-corrected chi connectivity index (χ3v) is 4.53. The van der Waals surface area contributed by atoms with Crippen LogP contribution < -0.4 is 11.0 Å². The van der Waals surface area contributed by atoms with Gasteiger partial charge in [0.2, 0.25) is 0 Å². The summed E-state index contributed by atoms with van der Waals surface area (Å²) in [6.45, 7) is 7.55. The highest BCUT2D eigenvalue weighted by molar-refractivity contribution is 5.89. The highest BCUT2D eigenvalue weighted by Gasteiger charge is 2.27. The van der Waals surface area contributed by atoms with Gasteiger partial charge < -0.3 is 19.9 Å². The second-order valence-corrected chi connectivity index (χ2v) is 8.12. The standard InChI is InChI=1S/C21H27N5O4/c1-21(2,3)30-20(29)25-12-10-24(11-13-25)19(28)23-17-7-4-6-16(14-17)15-26-9-5-8-22-18(26)27/h4-9,14H,10-13,15H2,1-3H3,(H,23,28). The van der Waals surface area contributed by atoms with E-state index in [4.69, 9.17) is 4.74 Å². The number of urea groups is 1. The van der Waals surface area contributed by atoms with E-state index in [2.05, 4.69) is 10.3 Å². The van der Waals surface area contributed by atoms with E-state index in [9.17, 15) is 14.4 Å². The molecule has 0 spiro atoms. The number of benzene rings is 1. The average molecular weight is 413 g/mol. The summed E-state index contributed by atoms with van der Waals surface area (Å²) in [5.41, 5.74) is 0.647. The van der Waals surface area contributed by atoms with Crippen LogP contribution in [0.4, 0.5) is 15.3 Å². The maximum absolute atomic E-state index is 12.6. The van der Waals surface area contributed by atoms with E-state index in [1.54, 1.807) is 28.1 Å². The highest BCUT2D eigenvalue weighted by atomic mass is 16.6. The number of rotatable bonds is 3. The first kappa shape index (κ1) is 21.4. The number of nitrogens with one attached hydrogen (secondary N) is 1. The van der Waals surface area contributed by atoms with Gasteiger partial charge >= 0.3 is 17.8 Å². The molecule has 1 fully saturated rings. The van der Waals surface area contributed by atoms with Crippen LogP contribution in [0.3, 0.4) is 0 Å². The number of carbonyl (C=O) groups is 2. The van der Waals surface area contributed by atoms with Gasteiger partial charge in [-0.25, -0.2) is 19.4 Å². The first-order valence-corrected chi connectivity index (χ1v) is 9.85. The van der Waals surface area contributed by atoms with E-state index in [1.165, 1.54) is 10.8 Å². The molecule has 1 aliphatic rings. The molecule has 1 N–H and O–H groups in total. The van der Waals surface area contributed by atoms with Crippen molar-refractivity contribution in [2.24, 2.45) is 0 Å². The van der Waals surface area contributed by atoms with Crippen LogP contribution in [0.5, 0.6) is 0 Å². The lowest BCUT2D eigenvalue weighted by molar-refractivity contribution is 0.0174. The summed E-state index contributed by atoms with van der Waals surface area (Å²) in [7, 11) is 0. The predicted molar refractivity (Wildman–Crippen MR) is 112 cm³/mol. The molecule has 0 bridgehead atoms. The Hall–Kier alpha value is -3.36. The number of piperazine rings is 1. The largest absolute Gasteiger partial charge is 0.444 e. The van der Waals surface area contributed by atoms with Gasteiger partial charge in [0.25, 0.3) is 0 Å². The van der Waals surface area contributed by atoms with E-state index >= 15 is 0 Å². The Morgan fingerprint density at radius 1 is 1.10 bits per heavy atom. The van der Waals surface area contributed by atoms with Gasteiger partial charge in [-0.3, -0.25) is 4.57 Å². The second-order valence-electron chi connectivity index (χ2n) is 8.12. The molecule has 0 radical (unpaired) electrons. The smallest absolute Gasteiger partial charge is 0.410 e. The maximum Gasteiger partial charge on any atom is 0.410 e. The molecule has 0 unspecified atom stereocenters. The molecular formula is C21H27N5O4. The van der Waals surface area contributed by atoms with Crippen molar-refractivity contribution in [3.05, 3.63) is 58.8 Å². The fourth-order valence-electron chi connectivity index (χ4n) is 3.07. The molecule has 9 heteroatoms. The van der Waals surface area contributed by atoms with E-state index in [1.807, 2.05) is 39.0 Å². The Balaban J connectivity index is 1.55. The molecule has 160 valence electrons. The van der Waals surface area contributed by atoms with Crippen LogP contribution in [0.15, 0.2) is 47.5 Å². The highest BCUT2D eigenvalue weighted by Crippen LogP contribution is 2.15. The Kier molecular flexibility index (Phi) is 6.39. The quantitative estimate of drug-likeness (QED) is 0.833. The molecule has 9 nitrogen and oxygen atoms in total. The number of nitrogens with zero attached hydrogens (tertiary/aromatic N) is 4. The molecule has 0 saturated carbocycles. The van der Waals surface area contributed by atoms with Gasteiger partial charge in [-0.2, -0.15) is 0 Å². The molecule has 1 aromatic heterocycles. The van der Waals surface area contributed by atoms with Gasteiger partial charge in [-0.05, 0) is 44.5 Å². The predicted octanol–water partition coefficient (Wildman–Crippen LogP) is 2.38. The number of hydrogen-bond acceptors (Lipinski definition) is 5. The third kappa shape index (κ3) is 5.82.